The Bertz CT molecular complexity index is 4720. The third-order valence-electron chi connectivity index (χ3n) is 19.6. The van der Waals surface area contributed by atoms with Crippen LogP contribution in [-0.4, -0.2) is 8.07 Å². The molecule has 5 heteroatoms. The van der Waals surface area contributed by atoms with Gasteiger partial charge in [0.05, 0.1) is 0 Å². The van der Waals surface area contributed by atoms with E-state index in [1.54, 1.807) is 0 Å². The third-order valence-corrected chi connectivity index (χ3v) is 24.4. The van der Waals surface area contributed by atoms with E-state index >= 15 is 0 Å². The number of hydrogen-bond acceptors (Lipinski definition) is 4. The highest BCUT2D eigenvalue weighted by molar-refractivity contribution is 7.19. The molecule has 500 valence electrons. The summed E-state index contributed by atoms with van der Waals surface area (Å²) in [6.07, 6.45) is 4.73. The maximum absolute atomic E-state index is 3.03. The van der Waals surface area contributed by atoms with Gasteiger partial charge in [0.2, 0.25) is 0 Å². The number of rotatable bonds is 22. The van der Waals surface area contributed by atoms with E-state index in [0.717, 1.165) is 113 Å². The fraction of sp³-hybridized carbons (Fsp3) is 0. The standard InChI is InChI=1S/C100H76N4Si/c1-11-31-83(32-12-1)101(84-33-13-2-14-34-84)91-63-55-79(56-64-91)99(80-57-65-92(66-58-80)102(85-35-15-3-16-36-85)86-37-17-4-18-38-86)75-77-51-71-97(72-52-77)105(95-47-27-9-28-48-95,96-49-29-10-30-50-96)98-73-53-78(54-74-98)76-100(81-59-67-93(68-60-81)103(87-39-19-5-20-40-87)88-41-21-6-22-42-88)82-61-69-94(70-62-82)104(89-43-23-7-24-44-89)90-45-25-8-26-46-90/h1-76H. The van der Waals surface area contributed by atoms with Gasteiger partial charge in [-0.15, -0.1) is 0 Å². The van der Waals surface area contributed by atoms with E-state index < -0.39 is 8.07 Å². The van der Waals surface area contributed by atoms with Gasteiger partial charge in [-0.25, -0.2) is 0 Å². The molecule has 0 saturated heterocycles. The number of anilines is 12. The first-order valence-corrected chi connectivity index (χ1v) is 37.9. The average molecular weight is 1360 g/mol. The molecule has 0 amide bonds. The van der Waals surface area contributed by atoms with Crippen LogP contribution in [0.2, 0.25) is 0 Å². The molecule has 16 rings (SSSR count). The fourth-order valence-corrected chi connectivity index (χ4v) is 19.3. The Morgan fingerprint density at radius 1 is 0.152 bits per heavy atom. The third kappa shape index (κ3) is 14.3. The molecule has 0 saturated carbocycles. The van der Waals surface area contributed by atoms with E-state index in [0.29, 0.717) is 0 Å². The van der Waals surface area contributed by atoms with Gasteiger partial charge in [0.15, 0.2) is 8.07 Å². The minimum Gasteiger partial charge on any atom is -0.311 e. The first-order chi connectivity index (χ1) is 52.1. The number of hydrogen-bond donors (Lipinski definition) is 0. The Labute approximate surface area is 618 Å². The van der Waals surface area contributed by atoms with Gasteiger partial charge in [-0.1, -0.05) is 303 Å². The van der Waals surface area contributed by atoms with E-state index in [4.69, 9.17) is 0 Å². The molecular weight excluding hydrogens is 1290 g/mol. The lowest BCUT2D eigenvalue weighted by molar-refractivity contribution is 1.28. The van der Waals surface area contributed by atoms with E-state index in [2.05, 4.69) is 481 Å². The molecule has 16 aromatic rings. The molecule has 16 aromatic carbocycles. The predicted octanol–water partition coefficient (Wildman–Crippen LogP) is 24.1. The Kier molecular flexibility index (Phi) is 19.6. The van der Waals surface area contributed by atoms with Crippen LogP contribution in [0.25, 0.3) is 23.3 Å². The van der Waals surface area contributed by atoms with Crippen molar-refractivity contribution in [2.45, 2.75) is 0 Å². The first kappa shape index (κ1) is 66.0. The summed E-state index contributed by atoms with van der Waals surface area (Å²) in [7, 11) is -3.03. The average Bonchev–Trinajstić information content (AvgIpc) is 0.733. The Morgan fingerprint density at radius 2 is 0.305 bits per heavy atom. The largest absolute Gasteiger partial charge is 0.311 e. The van der Waals surface area contributed by atoms with Gasteiger partial charge in [-0.05, 0) is 223 Å². The van der Waals surface area contributed by atoms with Crippen LogP contribution in [0.15, 0.2) is 449 Å². The molecule has 0 atom stereocenters. The van der Waals surface area contributed by atoms with Gasteiger partial charge >= 0.3 is 0 Å². The summed E-state index contributed by atoms with van der Waals surface area (Å²) in [5, 5.41) is 5.20. The number of benzene rings is 16. The van der Waals surface area contributed by atoms with E-state index in [9.17, 15) is 0 Å². The maximum Gasteiger partial charge on any atom is 0.179 e. The molecule has 0 bridgehead atoms. The lowest BCUT2D eigenvalue weighted by Crippen LogP contribution is -2.74. The van der Waals surface area contributed by atoms with Crippen molar-refractivity contribution in [1.29, 1.82) is 0 Å². The SMILES string of the molecule is C(=C(c1ccc(N(c2ccccc2)c2ccccc2)cc1)c1ccc(N(c2ccccc2)c2ccccc2)cc1)c1ccc([Si](c2ccccc2)(c2ccccc2)c2ccc(C=C(c3ccc(N(c4ccccc4)c4ccccc4)cc3)c3ccc(N(c4ccccc4)c4ccccc4)cc3)cc2)cc1. The second-order valence-electron chi connectivity index (χ2n) is 26.1. The molecule has 0 N–H and O–H groups in total. The molecular formula is C100H76N4Si. The molecule has 0 radical (unpaired) electrons. The van der Waals surface area contributed by atoms with E-state index in [1.807, 2.05) is 0 Å². The van der Waals surface area contributed by atoms with Crippen LogP contribution in [0.3, 0.4) is 0 Å². The lowest BCUT2D eigenvalue weighted by Gasteiger charge is -2.34. The summed E-state index contributed by atoms with van der Waals surface area (Å²) in [6, 6.07) is 163. The minimum atomic E-state index is -3.03. The predicted molar refractivity (Wildman–Crippen MR) is 449 cm³/mol. The fourth-order valence-electron chi connectivity index (χ4n) is 14.6. The second kappa shape index (κ2) is 31.1. The van der Waals surface area contributed by atoms with Crippen molar-refractivity contribution in [2.75, 3.05) is 19.6 Å². The van der Waals surface area contributed by atoms with Crippen molar-refractivity contribution in [3.8, 4) is 0 Å². The highest BCUT2D eigenvalue weighted by atomic mass is 28.3. The van der Waals surface area contributed by atoms with Gasteiger partial charge in [-0.2, -0.15) is 0 Å². The van der Waals surface area contributed by atoms with Gasteiger partial charge in [0, 0.05) is 68.2 Å². The second-order valence-corrected chi connectivity index (χ2v) is 29.9. The molecule has 0 aliphatic heterocycles. The molecule has 105 heavy (non-hydrogen) atoms. The normalized spacial score (nSPS) is 11.0. The van der Waals surface area contributed by atoms with Gasteiger partial charge in [0.1, 0.15) is 0 Å². The van der Waals surface area contributed by atoms with Crippen LogP contribution >= 0.6 is 0 Å². The van der Waals surface area contributed by atoms with E-state index in [-0.39, 0.29) is 0 Å². The zero-order valence-electron chi connectivity index (χ0n) is 58.2. The molecule has 0 fully saturated rings. The maximum atomic E-state index is 2.41. The van der Waals surface area contributed by atoms with Crippen molar-refractivity contribution in [2.24, 2.45) is 0 Å². The first-order valence-electron chi connectivity index (χ1n) is 35.9. The Hall–Kier alpha value is -13.6. The minimum absolute atomic E-state index is 1.07. The smallest absolute Gasteiger partial charge is 0.179 e. The summed E-state index contributed by atoms with van der Waals surface area (Å²) < 4.78 is 0. The van der Waals surface area contributed by atoms with Crippen LogP contribution in [0, 0.1) is 0 Å². The summed E-state index contributed by atoms with van der Waals surface area (Å²) >= 11 is 0. The van der Waals surface area contributed by atoms with Crippen molar-refractivity contribution in [3.05, 3.63) is 482 Å². The summed E-state index contributed by atoms with van der Waals surface area (Å²) in [5.41, 5.74) is 21.9. The van der Waals surface area contributed by atoms with Crippen molar-refractivity contribution >= 4 is 120 Å². The van der Waals surface area contributed by atoms with Crippen LogP contribution in [0.1, 0.15) is 33.4 Å². The van der Waals surface area contributed by atoms with Crippen molar-refractivity contribution < 1.29 is 0 Å². The van der Waals surface area contributed by atoms with Crippen LogP contribution in [-0.2, 0) is 0 Å². The molecule has 0 spiro atoms. The lowest BCUT2D eigenvalue weighted by atomic mass is 9.95. The molecule has 0 aliphatic rings. The van der Waals surface area contributed by atoms with Crippen LogP contribution < -0.4 is 40.3 Å². The van der Waals surface area contributed by atoms with E-state index in [1.165, 1.54) is 20.7 Å². The number of nitrogens with zero attached hydrogens (tertiary/aromatic N) is 4. The quantitative estimate of drug-likeness (QED) is 0.0381. The molecule has 0 aromatic heterocycles. The zero-order chi connectivity index (χ0) is 70.4. The molecule has 0 heterocycles. The highest BCUT2D eigenvalue weighted by Crippen LogP contribution is 2.42. The van der Waals surface area contributed by atoms with Crippen LogP contribution in [0.5, 0.6) is 0 Å². The van der Waals surface area contributed by atoms with Crippen LogP contribution in [0.4, 0.5) is 68.2 Å². The summed E-state index contributed by atoms with van der Waals surface area (Å²) in [6.45, 7) is 0. The van der Waals surface area contributed by atoms with Gasteiger partial charge in [0.25, 0.3) is 0 Å². The topological polar surface area (TPSA) is 13.0 Å². The summed E-state index contributed by atoms with van der Waals surface area (Å²) in [5.74, 6) is 0. The zero-order valence-corrected chi connectivity index (χ0v) is 59.2. The van der Waals surface area contributed by atoms with Gasteiger partial charge < -0.3 is 19.6 Å². The Balaban J connectivity index is 0.798. The molecule has 0 unspecified atom stereocenters. The van der Waals surface area contributed by atoms with Gasteiger partial charge in [-0.3, -0.25) is 0 Å². The highest BCUT2D eigenvalue weighted by Gasteiger charge is 2.41. The van der Waals surface area contributed by atoms with Crippen molar-refractivity contribution in [1.82, 2.24) is 0 Å². The molecule has 4 nitrogen and oxygen atoms in total. The monoisotopic (exact) mass is 1360 g/mol. The Morgan fingerprint density at radius 3 is 0.486 bits per heavy atom. The molecule has 0 aliphatic carbocycles. The summed E-state index contributed by atoms with van der Waals surface area (Å²) in [4.78, 5) is 9.27. The number of para-hydroxylation sites is 8. The van der Waals surface area contributed by atoms with Crippen molar-refractivity contribution in [3.63, 3.8) is 0 Å².